The first kappa shape index (κ1) is 23.8. The monoisotopic (exact) mass is 464 g/mol. The zero-order valence-electron chi connectivity index (χ0n) is 19.9. The van der Waals surface area contributed by atoms with Crippen LogP contribution >= 0.6 is 0 Å². The summed E-state index contributed by atoms with van der Waals surface area (Å²) in [5.74, 6) is -1.77. The van der Waals surface area contributed by atoms with Gasteiger partial charge in [0.25, 0.3) is 0 Å². The molecule has 1 saturated carbocycles. The van der Waals surface area contributed by atoms with E-state index in [0.29, 0.717) is 12.8 Å². The Balaban J connectivity index is 1.45. The van der Waals surface area contributed by atoms with Crippen molar-refractivity contribution in [3.05, 3.63) is 59.7 Å². The Morgan fingerprint density at radius 3 is 2.03 bits per heavy atom. The summed E-state index contributed by atoms with van der Waals surface area (Å²) in [5, 5.41) is 15.1. The van der Waals surface area contributed by atoms with E-state index in [9.17, 15) is 19.5 Å². The second kappa shape index (κ2) is 9.12. The van der Waals surface area contributed by atoms with Gasteiger partial charge in [-0.25, -0.2) is 9.59 Å². The number of nitrogens with one attached hydrogen (secondary N) is 2. The van der Waals surface area contributed by atoms with Crippen molar-refractivity contribution < 1.29 is 24.2 Å². The van der Waals surface area contributed by atoms with Gasteiger partial charge in [-0.3, -0.25) is 4.79 Å². The standard InChI is InChI=1S/C27H32N2O5/c1-4-15-26(2,23(30)28-27(3,24(31)32)17-13-14-17)29-25(33)34-16-22-20-11-7-5-9-18(20)19-10-6-8-12-21(19)22/h5-12,17,22H,4,13-16H2,1-3H3,(H,28,30)(H,29,33)(H,31,32). The van der Waals surface area contributed by atoms with E-state index >= 15 is 0 Å². The first-order valence-electron chi connectivity index (χ1n) is 11.9. The van der Waals surface area contributed by atoms with Gasteiger partial charge in [-0.2, -0.15) is 0 Å². The predicted molar refractivity (Wildman–Crippen MR) is 128 cm³/mol. The third kappa shape index (κ3) is 4.39. The van der Waals surface area contributed by atoms with Crippen LogP contribution in [0.5, 0.6) is 0 Å². The first-order valence-corrected chi connectivity index (χ1v) is 11.9. The van der Waals surface area contributed by atoms with E-state index < -0.39 is 29.0 Å². The van der Waals surface area contributed by atoms with Crippen molar-refractivity contribution in [1.29, 1.82) is 0 Å². The fourth-order valence-electron chi connectivity index (χ4n) is 4.96. The molecule has 7 heteroatoms. The van der Waals surface area contributed by atoms with Crippen LogP contribution in [0.25, 0.3) is 11.1 Å². The number of carbonyl (C=O) groups excluding carboxylic acids is 2. The lowest BCUT2D eigenvalue weighted by molar-refractivity contribution is -0.149. The number of carboxylic acid groups (broad SMARTS) is 1. The molecule has 7 nitrogen and oxygen atoms in total. The molecule has 0 heterocycles. The Labute approximate surface area is 199 Å². The lowest BCUT2D eigenvalue weighted by Crippen LogP contribution is -2.64. The van der Waals surface area contributed by atoms with Gasteiger partial charge in [-0.15, -0.1) is 0 Å². The van der Waals surface area contributed by atoms with E-state index in [4.69, 9.17) is 4.74 Å². The van der Waals surface area contributed by atoms with Crippen molar-refractivity contribution in [2.75, 3.05) is 6.61 Å². The van der Waals surface area contributed by atoms with Gasteiger partial charge in [0.2, 0.25) is 5.91 Å². The minimum absolute atomic E-state index is 0.0884. The Bertz CT molecular complexity index is 1070. The van der Waals surface area contributed by atoms with Gasteiger partial charge in [0.1, 0.15) is 17.7 Å². The maximum atomic E-state index is 13.2. The quantitative estimate of drug-likeness (QED) is 0.508. The number of hydrogen-bond donors (Lipinski definition) is 3. The minimum Gasteiger partial charge on any atom is -0.480 e. The highest BCUT2D eigenvalue weighted by atomic mass is 16.5. The van der Waals surface area contributed by atoms with Crippen LogP contribution in [0.4, 0.5) is 4.79 Å². The summed E-state index contributed by atoms with van der Waals surface area (Å²) < 4.78 is 5.62. The van der Waals surface area contributed by atoms with Gasteiger partial charge >= 0.3 is 12.1 Å². The van der Waals surface area contributed by atoms with E-state index in [1.54, 1.807) is 6.92 Å². The van der Waals surface area contributed by atoms with E-state index in [2.05, 4.69) is 22.8 Å². The van der Waals surface area contributed by atoms with Crippen molar-refractivity contribution in [2.45, 2.75) is 63.5 Å². The third-order valence-electron chi connectivity index (χ3n) is 7.18. The van der Waals surface area contributed by atoms with Crippen LogP contribution in [-0.2, 0) is 14.3 Å². The number of aliphatic carboxylic acids is 1. The number of amides is 2. The van der Waals surface area contributed by atoms with E-state index in [0.717, 1.165) is 35.1 Å². The molecule has 1 fully saturated rings. The molecule has 2 aromatic carbocycles. The molecule has 2 atom stereocenters. The van der Waals surface area contributed by atoms with Crippen LogP contribution in [0.15, 0.2) is 48.5 Å². The number of rotatable bonds is 9. The van der Waals surface area contributed by atoms with E-state index in [-0.39, 0.29) is 18.4 Å². The molecule has 180 valence electrons. The minimum atomic E-state index is -1.35. The van der Waals surface area contributed by atoms with Crippen LogP contribution in [0.2, 0.25) is 0 Å². The summed E-state index contributed by atoms with van der Waals surface area (Å²) in [7, 11) is 0. The van der Waals surface area contributed by atoms with Crippen molar-refractivity contribution in [2.24, 2.45) is 5.92 Å². The van der Waals surface area contributed by atoms with Gasteiger partial charge < -0.3 is 20.5 Å². The summed E-state index contributed by atoms with van der Waals surface area (Å²) in [6.45, 7) is 5.19. The average molecular weight is 465 g/mol. The van der Waals surface area contributed by atoms with Gasteiger partial charge in [0, 0.05) is 5.92 Å². The second-order valence-electron chi connectivity index (χ2n) is 9.77. The summed E-state index contributed by atoms with van der Waals surface area (Å²) in [4.78, 5) is 37.9. The number of carbonyl (C=O) groups is 3. The van der Waals surface area contributed by atoms with Crippen molar-refractivity contribution in [3.63, 3.8) is 0 Å². The molecule has 34 heavy (non-hydrogen) atoms. The summed E-state index contributed by atoms with van der Waals surface area (Å²) in [6.07, 6.45) is 1.79. The number of carboxylic acids is 1. The Hall–Kier alpha value is -3.35. The maximum Gasteiger partial charge on any atom is 0.408 e. The van der Waals surface area contributed by atoms with E-state index in [1.807, 2.05) is 43.3 Å². The SMILES string of the molecule is CCCC(C)(NC(=O)OCC1c2ccccc2-c2ccccc21)C(=O)NC(C)(C(=O)O)C1CC1. The molecule has 2 aliphatic carbocycles. The number of alkyl carbamates (subject to hydrolysis) is 1. The van der Waals surface area contributed by atoms with Crippen molar-refractivity contribution in [1.82, 2.24) is 10.6 Å². The van der Waals surface area contributed by atoms with E-state index in [1.165, 1.54) is 6.92 Å². The summed E-state index contributed by atoms with van der Waals surface area (Å²) in [6, 6.07) is 16.1. The lowest BCUT2D eigenvalue weighted by Gasteiger charge is -2.34. The Kier molecular flexibility index (Phi) is 6.39. The molecule has 2 amide bonds. The van der Waals surface area contributed by atoms with Gasteiger partial charge in [-0.05, 0) is 61.3 Å². The van der Waals surface area contributed by atoms with Crippen LogP contribution in [0.1, 0.15) is 63.5 Å². The fraction of sp³-hybridized carbons (Fsp3) is 0.444. The highest BCUT2D eigenvalue weighted by Crippen LogP contribution is 2.44. The van der Waals surface area contributed by atoms with Crippen LogP contribution in [0, 0.1) is 5.92 Å². The molecule has 2 aromatic rings. The Morgan fingerprint density at radius 2 is 1.53 bits per heavy atom. The molecule has 0 aliphatic heterocycles. The molecule has 0 spiro atoms. The average Bonchev–Trinajstić information content (AvgIpc) is 3.61. The molecular formula is C27H32N2O5. The molecule has 0 bridgehead atoms. The van der Waals surface area contributed by atoms with Gasteiger partial charge in [-0.1, -0.05) is 61.9 Å². The van der Waals surface area contributed by atoms with Crippen LogP contribution in [-0.4, -0.2) is 40.8 Å². The first-order chi connectivity index (χ1) is 16.2. The smallest absolute Gasteiger partial charge is 0.408 e. The molecule has 0 radical (unpaired) electrons. The highest BCUT2D eigenvalue weighted by Gasteiger charge is 2.50. The molecule has 3 N–H and O–H groups in total. The Morgan fingerprint density at radius 1 is 0.971 bits per heavy atom. The molecular weight excluding hydrogens is 432 g/mol. The number of benzene rings is 2. The van der Waals surface area contributed by atoms with Crippen LogP contribution in [0.3, 0.4) is 0 Å². The van der Waals surface area contributed by atoms with Crippen molar-refractivity contribution in [3.8, 4) is 11.1 Å². The third-order valence-corrected chi connectivity index (χ3v) is 7.18. The topological polar surface area (TPSA) is 105 Å². The largest absolute Gasteiger partial charge is 0.480 e. The second-order valence-corrected chi connectivity index (χ2v) is 9.77. The number of ether oxygens (including phenoxy) is 1. The highest BCUT2D eigenvalue weighted by molar-refractivity contribution is 5.94. The maximum absolute atomic E-state index is 13.2. The molecule has 0 aromatic heterocycles. The molecule has 0 saturated heterocycles. The number of fused-ring (bicyclic) bond motifs is 3. The van der Waals surface area contributed by atoms with Crippen LogP contribution < -0.4 is 10.6 Å². The predicted octanol–water partition coefficient (Wildman–Crippen LogP) is 4.45. The van der Waals surface area contributed by atoms with Gasteiger partial charge in [0.05, 0.1) is 0 Å². The molecule has 2 aliphatic rings. The fourth-order valence-corrected chi connectivity index (χ4v) is 4.96. The zero-order chi connectivity index (χ0) is 24.5. The lowest BCUT2D eigenvalue weighted by atomic mass is 9.90. The summed E-state index contributed by atoms with van der Waals surface area (Å²) >= 11 is 0. The normalized spacial score (nSPS) is 18.1. The number of hydrogen-bond acceptors (Lipinski definition) is 4. The zero-order valence-corrected chi connectivity index (χ0v) is 19.9. The molecule has 4 rings (SSSR count). The molecule has 2 unspecified atom stereocenters. The van der Waals surface area contributed by atoms with Crippen molar-refractivity contribution >= 4 is 18.0 Å². The summed E-state index contributed by atoms with van der Waals surface area (Å²) in [5.41, 5.74) is 1.84. The van der Waals surface area contributed by atoms with Gasteiger partial charge in [0.15, 0.2) is 0 Å².